The number of nitrogens with zero attached hydrogens (tertiary/aromatic N) is 2. The van der Waals surface area contributed by atoms with Gasteiger partial charge in [-0.05, 0) is 80.8 Å². The predicted molar refractivity (Wildman–Crippen MR) is 127 cm³/mol. The van der Waals surface area contributed by atoms with Crippen molar-refractivity contribution in [2.24, 2.45) is 0 Å². The van der Waals surface area contributed by atoms with E-state index >= 15 is 0 Å². The lowest BCUT2D eigenvalue weighted by molar-refractivity contribution is -0.115. The molecular formula is C23H27N3O3S2. The molecule has 0 aliphatic heterocycles. The van der Waals surface area contributed by atoms with Crippen molar-refractivity contribution >= 4 is 44.3 Å². The lowest BCUT2D eigenvalue weighted by Crippen LogP contribution is -2.22. The first kappa shape index (κ1) is 23.2. The normalized spacial score (nSPS) is 12.9. The Balaban J connectivity index is 1.81. The topological polar surface area (TPSA) is 79.4 Å². The Morgan fingerprint density at radius 1 is 1.00 bits per heavy atom. The number of aryl methyl sites for hydroxylation is 3. The van der Waals surface area contributed by atoms with Crippen LogP contribution in [0.25, 0.3) is 10.9 Å². The third-order valence-corrected chi connectivity index (χ3v) is 8.01. The number of carbonyl (C=O) groups is 1. The van der Waals surface area contributed by atoms with Gasteiger partial charge in [-0.15, -0.1) is 0 Å². The highest BCUT2D eigenvalue weighted by atomic mass is 32.2. The second kappa shape index (κ2) is 8.98. The van der Waals surface area contributed by atoms with E-state index in [9.17, 15) is 13.2 Å². The van der Waals surface area contributed by atoms with Crippen LogP contribution in [-0.2, 0) is 14.8 Å². The molecule has 1 atom stereocenters. The molecule has 3 rings (SSSR count). The number of rotatable bonds is 6. The van der Waals surface area contributed by atoms with Crippen molar-refractivity contribution in [1.29, 1.82) is 0 Å². The van der Waals surface area contributed by atoms with E-state index in [0.29, 0.717) is 5.52 Å². The van der Waals surface area contributed by atoms with Gasteiger partial charge in [-0.25, -0.2) is 17.7 Å². The molecule has 1 heterocycles. The van der Waals surface area contributed by atoms with Crippen molar-refractivity contribution < 1.29 is 13.2 Å². The summed E-state index contributed by atoms with van der Waals surface area (Å²) in [6.07, 6.45) is 0. The molecule has 2 aromatic carbocycles. The summed E-state index contributed by atoms with van der Waals surface area (Å²) in [5.41, 5.74) is 4.68. The molecule has 0 bridgehead atoms. The zero-order chi connectivity index (χ0) is 22.9. The van der Waals surface area contributed by atoms with Crippen LogP contribution in [0.3, 0.4) is 0 Å². The third-order valence-electron chi connectivity index (χ3n) is 5.18. The summed E-state index contributed by atoms with van der Waals surface area (Å²) in [6.45, 7) is 7.81. The van der Waals surface area contributed by atoms with Gasteiger partial charge in [-0.3, -0.25) is 4.79 Å². The average Bonchev–Trinajstić information content (AvgIpc) is 2.70. The van der Waals surface area contributed by atoms with Gasteiger partial charge in [0.25, 0.3) is 0 Å². The summed E-state index contributed by atoms with van der Waals surface area (Å²) in [4.78, 5) is 17.5. The van der Waals surface area contributed by atoms with Gasteiger partial charge in [0.2, 0.25) is 15.9 Å². The number of anilines is 1. The monoisotopic (exact) mass is 457 g/mol. The van der Waals surface area contributed by atoms with Gasteiger partial charge < -0.3 is 5.32 Å². The largest absolute Gasteiger partial charge is 0.325 e. The van der Waals surface area contributed by atoms with Crippen LogP contribution >= 0.6 is 11.8 Å². The number of hydrogen-bond acceptors (Lipinski definition) is 5. The van der Waals surface area contributed by atoms with Gasteiger partial charge in [0.05, 0.1) is 20.7 Å². The second-order valence-electron chi connectivity index (χ2n) is 7.79. The van der Waals surface area contributed by atoms with E-state index in [4.69, 9.17) is 0 Å². The first-order valence-electron chi connectivity index (χ1n) is 9.88. The first-order chi connectivity index (χ1) is 14.5. The molecule has 164 valence electrons. The molecule has 0 aliphatic carbocycles. The van der Waals surface area contributed by atoms with Crippen molar-refractivity contribution in [3.05, 3.63) is 59.2 Å². The number of thioether (sulfide) groups is 1. The summed E-state index contributed by atoms with van der Waals surface area (Å²) in [7, 11) is -0.496. The molecule has 1 unspecified atom stereocenters. The smallest absolute Gasteiger partial charge is 0.242 e. The number of aromatic nitrogens is 1. The van der Waals surface area contributed by atoms with Crippen LogP contribution in [0.5, 0.6) is 0 Å². The maximum Gasteiger partial charge on any atom is 0.242 e. The van der Waals surface area contributed by atoms with Crippen molar-refractivity contribution in [2.75, 3.05) is 19.4 Å². The Morgan fingerprint density at radius 3 is 2.35 bits per heavy atom. The highest BCUT2D eigenvalue weighted by Gasteiger charge is 2.20. The maximum absolute atomic E-state index is 12.6. The van der Waals surface area contributed by atoms with Crippen LogP contribution in [0.4, 0.5) is 5.69 Å². The van der Waals surface area contributed by atoms with E-state index in [0.717, 1.165) is 27.2 Å². The Morgan fingerprint density at radius 2 is 1.71 bits per heavy atom. The quantitative estimate of drug-likeness (QED) is 0.550. The Labute approximate surface area is 188 Å². The Hall–Kier alpha value is -2.42. The van der Waals surface area contributed by atoms with Gasteiger partial charge in [0.1, 0.15) is 0 Å². The first-order valence-corrected chi connectivity index (χ1v) is 12.2. The number of amides is 1. The zero-order valence-corrected chi connectivity index (χ0v) is 20.2. The minimum atomic E-state index is -3.51. The molecule has 1 amide bonds. The molecule has 0 aliphatic rings. The number of fused-ring (bicyclic) bond motifs is 1. The number of benzene rings is 2. The van der Waals surface area contributed by atoms with Crippen LogP contribution < -0.4 is 5.32 Å². The van der Waals surface area contributed by atoms with E-state index < -0.39 is 10.0 Å². The van der Waals surface area contributed by atoms with Gasteiger partial charge in [-0.2, -0.15) is 0 Å². The molecule has 0 saturated carbocycles. The summed E-state index contributed by atoms with van der Waals surface area (Å²) >= 11 is 1.37. The van der Waals surface area contributed by atoms with Crippen LogP contribution in [0.1, 0.15) is 23.6 Å². The van der Waals surface area contributed by atoms with E-state index in [1.807, 2.05) is 52.0 Å². The van der Waals surface area contributed by atoms with Crippen LogP contribution in [0.15, 0.2) is 52.4 Å². The third kappa shape index (κ3) is 5.08. The lowest BCUT2D eigenvalue weighted by Gasteiger charge is -2.15. The summed E-state index contributed by atoms with van der Waals surface area (Å²) in [5.74, 6) is -0.0970. The van der Waals surface area contributed by atoms with Crippen molar-refractivity contribution in [2.45, 2.75) is 42.9 Å². The SMILES string of the molecule is Cc1ccc(NC(=O)C(C)Sc2cc(C)c3cc(S(=O)(=O)N(C)C)ccc3n2)cc1C. The van der Waals surface area contributed by atoms with E-state index in [2.05, 4.69) is 10.3 Å². The molecule has 0 radical (unpaired) electrons. The molecular weight excluding hydrogens is 430 g/mol. The van der Waals surface area contributed by atoms with Crippen molar-refractivity contribution in [3.8, 4) is 0 Å². The number of sulfonamides is 1. The molecule has 0 saturated heterocycles. The fourth-order valence-corrected chi connectivity index (χ4v) is 4.92. The molecule has 6 nitrogen and oxygen atoms in total. The molecule has 1 N–H and O–H groups in total. The molecule has 0 spiro atoms. The van der Waals surface area contributed by atoms with Crippen LogP contribution in [-0.4, -0.2) is 43.0 Å². The lowest BCUT2D eigenvalue weighted by atomic mass is 10.1. The summed E-state index contributed by atoms with van der Waals surface area (Å²) in [5, 5.41) is 4.11. The number of carbonyl (C=O) groups excluding carboxylic acids is 1. The van der Waals surface area contributed by atoms with E-state index in [1.165, 1.54) is 35.7 Å². The summed E-state index contributed by atoms with van der Waals surface area (Å²) < 4.78 is 26.0. The van der Waals surface area contributed by atoms with Crippen LogP contribution in [0, 0.1) is 20.8 Å². The van der Waals surface area contributed by atoms with Gasteiger partial charge in [0, 0.05) is 25.2 Å². The van der Waals surface area contributed by atoms with E-state index in [-0.39, 0.29) is 16.1 Å². The maximum atomic E-state index is 12.6. The van der Waals surface area contributed by atoms with Crippen LogP contribution in [0.2, 0.25) is 0 Å². The minimum Gasteiger partial charge on any atom is -0.325 e. The minimum absolute atomic E-state index is 0.0970. The fourth-order valence-electron chi connectivity index (χ4n) is 3.07. The van der Waals surface area contributed by atoms with Gasteiger partial charge in [-0.1, -0.05) is 17.8 Å². The Kier molecular flexibility index (Phi) is 6.73. The number of hydrogen-bond donors (Lipinski definition) is 1. The molecule has 0 fully saturated rings. The zero-order valence-electron chi connectivity index (χ0n) is 18.6. The second-order valence-corrected chi connectivity index (χ2v) is 11.3. The summed E-state index contributed by atoms with van der Waals surface area (Å²) in [6, 6.07) is 12.7. The predicted octanol–water partition coefficient (Wildman–Crippen LogP) is 4.53. The number of pyridine rings is 1. The molecule has 1 aromatic heterocycles. The Bertz CT molecular complexity index is 1250. The molecule has 8 heteroatoms. The molecule has 31 heavy (non-hydrogen) atoms. The van der Waals surface area contributed by atoms with Gasteiger partial charge in [0.15, 0.2) is 0 Å². The average molecular weight is 458 g/mol. The van der Waals surface area contributed by atoms with E-state index in [1.54, 1.807) is 18.2 Å². The standard InChI is InChI=1S/C23H27N3O3S2/c1-14-7-8-18(11-15(14)2)24-23(27)17(4)30-22-12-16(3)20-13-19(9-10-21(20)25-22)31(28,29)26(5)6/h7-13,17H,1-6H3,(H,24,27). The fraction of sp³-hybridized carbons (Fsp3) is 0.304. The van der Waals surface area contributed by atoms with Gasteiger partial charge >= 0.3 is 0 Å². The number of nitrogens with one attached hydrogen (secondary N) is 1. The van der Waals surface area contributed by atoms with Crippen molar-refractivity contribution in [3.63, 3.8) is 0 Å². The van der Waals surface area contributed by atoms with Crippen molar-refractivity contribution in [1.82, 2.24) is 9.29 Å². The molecule has 3 aromatic rings. The highest BCUT2D eigenvalue weighted by molar-refractivity contribution is 8.00. The highest BCUT2D eigenvalue weighted by Crippen LogP contribution is 2.29.